The van der Waals surface area contributed by atoms with Crippen LogP contribution in [0.5, 0.6) is 5.75 Å². The van der Waals surface area contributed by atoms with Crippen LogP contribution >= 0.6 is 36.0 Å². The zero-order chi connectivity index (χ0) is 17.5. The fourth-order valence-corrected chi connectivity index (χ4v) is 2.35. The standard InChI is InChI=1S/C16H17ClN4OS2/c1-10-13(17)4-3-5-14(10)19-16(24)21-20-15(23)18-11-6-8-12(22-2)9-7-11/h3-9H,1-2H3,(H2,18,20,23)(H2,19,21,24). The van der Waals surface area contributed by atoms with Crippen molar-refractivity contribution in [2.24, 2.45) is 0 Å². The highest BCUT2D eigenvalue weighted by atomic mass is 35.5. The highest BCUT2D eigenvalue weighted by molar-refractivity contribution is 7.81. The molecule has 0 saturated carbocycles. The molecule has 0 heterocycles. The van der Waals surface area contributed by atoms with Crippen LogP contribution in [0.15, 0.2) is 42.5 Å². The van der Waals surface area contributed by atoms with Gasteiger partial charge in [0, 0.05) is 16.4 Å². The van der Waals surface area contributed by atoms with E-state index in [9.17, 15) is 0 Å². The fourth-order valence-electron chi connectivity index (χ4n) is 1.85. The number of benzene rings is 2. The third-order valence-corrected chi connectivity index (χ3v) is 3.97. The molecule has 0 amide bonds. The fraction of sp³-hybridized carbons (Fsp3) is 0.125. The van der Waals surface area contributed by atoms with Crippen LogP contribution in [0.4, 0.5) is 11.4 Å². The van der Waals surface area contributed by atoms with E-state index in [4.69, 9.17) is 40.8 Å². The predicted molar refractivity (Wildman–Crippen MR) is 108 cm³/mol. The van der Waals surface area contributed by atoms with Crippen LogP contribution in [-0.2, 0) is 0 Å². The van der Waals surface area contributed by atoms with Gasteiger partial charge in [-0.1, -0.05) is 17.7 Å². The monoisotopic (exact) mass is 380 g/mol. The summed E-state index contributed by atoms with van der Waals surface area (Å²) in [4.78, 5) is 0. The van der Waals surface area contributed by atoms with Gasteiger partial charge in [-0.3, -0.25) is 10.9 Å². The third kappa shape index (κ3) is 5.23. The minimum atomic E-state index is 0.374. The molecule has 0 radical (unpaired) electrons. The summed E-state index contributed by atoms with van der Waals surface area (Å²) in [6, 6.07) is 13.0. The molecule has 0 aliphatic heterocycles. The van der Waals surface area contributed by atoms with E-state index in [-0.39, 0.29) is 0 Å². The van der Waals surface area contributed by atoms with Gasteiger partial charge in [0.05, 0.1) is 7.11 Å². The number of halogens is 1. The molecule has 0 fully saturated rings. The molecule has 8 heteroatoms. The molecule has 2 aromatic rings. The second-order valence-electron chi connectivity index (χ2n) is 4.80. The van der Waals surface area contributed by atoms with Gasteiger partial charge in [-0.15, -0.1) is 0 Å². The van der Waals surface area contributed by atoms with E-state index >= 15 is 0 Å². The maximum atomic E-state index is 6.08. The molecule has 0 saturated heterocycles. The molecule has 0 aliphatic rings. The zero-order valence-electron chi connectivity index (χ0n) is 13.1. The first-order chi connectivity index (χ1) is 11.5. The average Bonchev–Trinajstić information content (AvgIpc) is 2.58. The molecule has 4 N–H and O–H groups in total. The van der Waals surface area contributed by atoms with Crippen LogP contribution in [0.25, 0.3) is 0 Å². The number of hydrazine groups is 1. The van der Waals surface area contributed by atoms with Gasteiger partial charge in [0.1, 0.15) is 5.75 Å². The maximum Gasteiger partial charge on any atom is 0.189 e. The van der Waals surface area contributed by atoms with Crippen molar-refractivity contribution in [1.29, 1.82) is 0 Å². The summed E-state index contributed by atoms with van der Waals surface area (Å²) >= 11 is 16.5. The van der Waals surface area contributed by atoms with Gasteiger partial charge in [0.15, 0.2) is 10.2 Å². The first kappa shape index (κ1) is 18.3. The molecule has 0 unspecified atom stereocenters. The van der Waals surface area contributed by atoms with Crippen LogP contribution in [-0.4, -0.2) is 17.3 Å². The topological polar surface area (TPSA) is 57.4 Å². The van der Waals surface area contributed by atoms with Crippen LogP contribution in [0.1, 0.15) is 5.56 Å². The number of methoxy groups -OCH3 is 1. The van der Waals surface area contributed by atoms with E-state index < -0.39 is 0 Å². The Hall–Kier alpha value is -2.09. The lowest BCUT2D eigenvalue weighted by atomic mass is 10.2. The van der Waals surface area contributed by atoms with Crippen molar-refractivity contribution in [2.75, 3.05) is 17.7 Å². The van der Waals surface area contributed by atoms with Gasteiger partial charge in [-0.2, -0.15) is 0 Å². The average molecular weight is 381 g/mol. The molecule has 0 atom stereocenters. The van der Waals surface area contributed by atoms with E-state index in [0.717, 1.165) is 22.7 Å². The van der Waals surface area contributed by atoms with Crippen molar-refractivity contribution in [1.82, 2.24) is 10.9 Å². The summed E-state index contributed by atoms with van der Waals surface area (Å²) < 4.78 is 5.10. The lowest BCUT2D eigenvalue weighted by Gasteiger charge is -2.15. The number of hydrogen-bond acceptors (Lipinski definition) is 3. The van der Waals surface area contributed by atoms with Gasteiger partial charge in [0.2, 0.25) is 0 Å². The van der Waals surface area contributed by atoms with E-state index in [1.54, 1.807) is 7.11 Å². The number of nitrogens with one attached hydrogen (secondary N) is 4. The van der Waals surface area contributed by atoms with E-state index in [1.807, 2.05) is 49.4 Å². The Kier molecular flexibility index (Phi) is 6.60. The number of rotatable bonds is 3. The zero-order valence-corrected chi connectivity index (χ0v) is 15.5. The molecule has 0 aromatic heterocycles. The van der Waals surface area contributed by atoms with Crippen LogP contribution < -0.4 is 26.2 Å². The molecule has 0 bridgehead atoms. The molecule has 0 spiro atoms. The third-order valence-electron chi connectivity index (χ3n) is 3.15. The molecule has 0 aliphatic carbocycles. The van der Waals surface area contributed by atoms with Crippen molar-refractivity contribution in [3.63, 3.8) is 0 Å². The maximum absolute atomic E-state index is 6.08. The van der Waals surface area contributed by atoms with Crippen molar-refractivity contribution >= 4 is 57.6 Å². The summed E-state index contributed by atoms with van der Waals surface area (Å²) in [6.45, 7) is 1.91. The Labute approximate surface area is 156 Å². The lowest BCUT2D eigenvalue weighted by Crippen LogP contribution is -2.45. The molecule has 126 valence electrons. The lowest BCUT2D eigenvalue weighted by molar-refractivity contribution is 0.415. The van der Waals surface area contributed by atoms with Gasteiger partial charge in [-0.05, 0) is 73.3 Å². The first-order valence-electron chi connectivity index (χ1n) is 7.02. The SMILES string of the molecule is COc1ccc(NC(=S)NNC(=S)Nc2cccc(Cl)c2C)cc1. The Balaban J connectivity index is 1.82. The van der Waals surface area contributed by atoms with Crippen molar-refractivity contribution in [3.8, 4) is 5.75 Å². The van der Waals surface area contributed by atoms with Crippen LogP contribution in [0.2, 0.25) is 5.02 Å². The molecule has 2 rings (SSSR count). The first-order valence-corrected chi connectivity index (χ1v) is 8.22. The summed E-state index contributed by atoms with van der Waals surface area (Å²) in [5.74, 6) is 0.778. The molecular weight excluding hydrogens is 364 g/mol. The minimum Gasteiger partial charge on any atom is -0.497 e. The minimum absolute atomic E-state index is 0.374. The highest BCUT2D eigenvalue weighted by Crippen LogP contribution is 2.22. The van der Waals surface area contributed by atoms with Gasteiger partial charge in [-0.25, -0.2) is 0 Å². The van der Waals surface area contributed by atoms with E-state index in [0.29, 0.717) is 15.2 Å². The Morgan fingerprint density at radius 1 is 0.958 bits per heavy atom. The van der Waals surface area contributed by atoms with Crippen molar-refractivity contribution in [3.05, 3.63) is 53.1 Å². The summed E-state index contributed by atoms with van der Waals surface area (Å²) in [5.41, 5.74) is 8.22. The number of thiocarbonyl (C=S) groups is 2. The smallest absolute Gasteiger partial charge is 0.189 e. The van der Waals surface area contributed by atoms with Crippen LogP contribution in [0.3, 0.4) is 0 Å². The van der Waals surface area contributed by atoms with Gasteiger partial charge >= 0.3 is 0 Å². The summed E-state index contributed by atoms with van der Waals surface area (Å²) in [5, 5.41) is 7.51. The highest BCUT2D eigenvalue weighted by Gasteiger charge is 2.04. The van der Waals surface area contributed by atoms with E-state index in [1.165, 1.54) is 0 Å². The van der Waals surface area contributed by atoms with Crippen LogP contribution in [0, 0.1) is 6.92 Å². The normalized spacial score (nSPS) is 9.79. The summed E-state index contributed by atoms with van der Waals surface area (Å²) in [6.07, 6.45) is 0. The van der Waals surface area contributed by atoms with E-state index in [2.05, 4.69) is 21.5 Å². The molecule has 24 heavy (non-hydrogen) atoms. The second-order valence-corrected chi connectivity index (χ2v) is 6.02. The number of hydrogen-bond donors (Lipinski definition) is 4. The number of ether oxygens (including phenoxy) is 1. The Bertz CT molecular complexity index is 737. The number of anilines is 2. The molecular formula is C16H17ClN4OS2. The quantitative estimate of drug-likeness (QED) is 0.476. The molecule has 2 aromatic carbocycles. The Morgan fingerprint density at radius 3 is 2.21 bits per heavy atom. The van der Waals surface area contributed by atoms with Crippen molar-refractivity contribution in [2.45, 2.75) is 6.92 Å². The summed E-state index contributed by atoms with van der Waals surface area (Å²) in [7, 11) is 1.62. The molecule has 5 nitrogen and oxygen atoms in total. The second kappa shape index (κ2) is 8.68. The Morgan fingerprint density at radius 2 is 1.58 bits per heavy atom. The van der Waals surface area contributed by atoms with Gasteiger partial charge in [0.25, 0.3) is 0 Å². The largest absolute Gasteiger partial charge is 0.497 e. The van der Waals surface area contributed by atoms with Gasteiger partial charge < -0.3 is 15.4 Å². The van der Waals surface area contributed by atoms with Crippen molar-refractivity contribution < 1.29 is 4.74 Å². The predicted octanol–water partition coefficient (Wildman–Crippen LogP) is 3.85.